The number of fused-ring (bicyclic) bond motifs is 1. The van der Waals surface area contributed by atoms with Crippen molar-refractivity contribution in [3.63, 3.8) is 0 Å². The van der Waals surface area contributed by atoms with Crippen molar-refractivity contribution in [1.82, 2.24) is 9.55 Å². The summed E-state index contributed by atoms with van der Waals surface area (Å²) in [7, 11) is -4.19. The van der Waals surface area contributed by atoms with Crippen LogP contribution >= 0.6 is 0 Å². The molecule has 0 saturated heterocycles. The molecule has 26 heavy (non-hydrogen) atoms. The lowest BCUT2D eigenvalue weighted by Crippen LogP contribution is -2.03. The summed E-state index contributed by atoms with van der Waals surface area (Å²) in [5, 5.41) is 0. The Balaban J connectivity index is 1.81. The summed E-state index contributed by atoms with van der Waals surface area (Å²) in [5.74, 6) is 0.852. The maximum absolute atomic E-state index is 11.2. The predicted molar refractivity (Wildman–Crippen MR) is 101 cm³/mol. The number of nitrogens with zero attached hydrogens (tertiary/aromatic N) is 2. The molecular weight excluding hydrogens is 348 g/mol. The maximum atomic E-state index is 11.2. The van der Waals surface area contributed by atoms with Crippen molar-refractivity contribution in [2.24, 2.45) is 0 Å². The molecule has 1 heterocycles. The number of aromatic nitrogens is 2. The van der Waals surface area contributed by atoms with Crippen molar-refractivity contribution < 1.29 is 13.0 Å². The predicted octanol–water partition coefficient (Wildman–Crippen LogP) is 4.00. The van der Waals surface area contributed by atoms with Crippen LogP contribution in [-0.2, 0) is 16.7 Å². The summed E-state index contributed by atoms with van der Waals surface area (Å²) in [5.41, 5.74) is 3.84. The third-order valence-corrected chi connectivity index (χ3v) is 5.12. The molecule has 0 aliphatic heterocycles. The zero-order valence-electron chi connectivity index (χ0n) is 13.8. The second kappa shape index (κ2) is 6.40. The minimum atomic E-state index is -4.19. The SMILES string of the molecule is O=S(=O)(O)c1ccc(Cn2c(-c3ccccc3)nc3ccccc32)cc1. The Morgan fingerprint density at radius 1 is 0.846 bits per heavy atom. The van der Waals surface area contributed by atoms with Gasteiger partial charge in [-0.05, 0) is 29.8 Å². The van der Waals surface area contributed by atoms with Crippen LogP contribution < -0.4 is 0 Å². The Hall–Kier alpha value is -2.96. The number of benzene rings is 3. The van der Waals surface area contributed by atoms with Gasteiger partial charge < -0.3 is 4.57 Å². The summed E-state index contributed by atoms with van der Waals surface area (Å²) in [6.07, 6.45) is 0. The fourth-order valence-electron chi connectivity index (χ4n) is 2.99. The zero-order chi connectivity index (χ0) is 18.1. The monoisotopic (exact) mass is 364 g/mol. The molecule has 0 atom stereocenters. The largest absolute Gasteiger partial charge is 0.319 e. The summed E-state index contributed by atoms with van der Waals surface area (Å²) < 4.78 is 33.7. The molecule has 6 heteroatoms. The molecule has 0 fully saturated rings. The minimum absolute atomic E-state index is 0.111. The van der Waals surface area contributed by atoms with Crippen molar-refractivity contribution in [2.75, 3.05) is 0 Å². The van der Waals surface area contributed by atoms with Crippen LogP contribution in [0.4, 0.5) is 0 Å². The Bertz CT molecular complexity index is 1160. The molecule has 1 aromatic heterocycles. The van der Waals surface area contributed by atoms with E-state index >= 15 is 0 Å². The molecule has 0 aliphatic rings. The normalized spacial score (nSPS) is 11.7. The van der Waals surface area contributed by atoms with Gasteiger partial charge in [0.2, 0.25) is 0 Å². The van der Waals surface area contributed by atoms with E-state index in [1.54, 1.807) is 12.1 Å². The summed E-state index contributed by atoms with van der Waals surface area (Å²) in [6.45, 7) is 0.538. The van der Waals surface area contributed by atoms with Crippen LogP contribution in [-0.4, -0.2) is 22.5 Å². The van der Waals surface area contributed by atoms with Crippen LogP contribution in [0.5, 0.6) is 0 Å². The van der Waals surface area contributed by atoms with Crippen LogP contribution in [0.25, 0.3) is 22.4 Å². The Morgan fingerprint density at radius 2 is 1.50 bits per heavy atom. The van der Waals surface area contributed by atoms with E-state index in [0.717, 1.165) is 28.0 Å². The Kier molecular flexibility index (Phi) is 4.06. The molecule has 4 aromatic rings. The summed E-state index contributed by atoms with van der Waals surface area (Å²) in [4.78, 5) is 4.65. The third-order valence-electron chi connectivity index (χ3n) is 4.25. The van der Waals surface area contributed by atoms with Gasteiger partial charge in [-0.3, -0.25) is 4.55 Å². The first-order valence-electron chi connectivity index (χ1n) is 8.09. The van der Waals surface area contributed by atoms with Crippen molar-refractivity contribution in [3.05, 3.63) is 84.4 Å². The Labute approximate surface area is 151 Å². The van der Waals surface area contributed by atoms with E-state index < -0.39 is 10.1 Å². The van der Waals surface area contributed by atoms with Gasteiger partial charge in [-0.2, -0.15) is 8.42 Å². The first-order valence-corrected chi connectivity index (χ1v) is 9.53. The molecule has 4 rings (SSSR count). The number of hydrogen-bond donors (Lipinski definition) is 1. The maximum Gasteiger partial charge on any atom is 0.294 e. The van der Waals surface area contributed by atoms with Crippen molar-refractivity contribution >= 4 is 21.2 Å². The molecule has 0 bridgehead atoms. The van der Waals surface area contributed by atoms with E-state index in [9.17, 15) is 8.42 Å². The van der Waals surface area contributed by atoms with Gasteiger partial charge in [-0.1, -0.05) is 54.6 Å². The zero-order valence-corrected chi connectivity index (χ0v) is 14.6. The molecule has 0 spiro atoms. The smallest absolute Gasteiger partial charge is 0.294 e. The molecule has 0 radical (unpaired) electrons. The van der Waals surface area contributed by atoms with Crippen LogP contribution in [0.3, 0.4) is 0 Å². The molecule has 3 aromatic carbocycles. The van der Waals surface area contributed by atoms with Crippen LogP contribution in [0.2, 0.25) is 0 Å². The molecule has 0 amide bonds. The molecule has 1 N–H and O–H groups in total. The van der Waals surface area contributed by atoms with Crippen molar-refractivity contribution in [1.29, 1.82) is 0 Å². The second-order valence-corrected chi connectivity index (χ2v) is 7.42. The average Bonchev–Trinajstić information content (AvgIpc) is 3.01. The fourth-order valence-corrected chi connectivity index (χ4v) is 3.47. The first kappa shape index (κ1) is 16.5. The highest BCUT2D eigenvalue weighted by Crippen LogP contribution is 2.26. The number of rotatable bonds is 4. The van der Waals surface area contributed by atoms with Gasteiger partial charge in [-0.15, -0.1) is 0 Å². The fraction of sp³-hybridized carbons (Fsp3) is 0.0500. The van der Waals surface area contributed by atoms with Gasteiger partial charge in [0.15, 0.2) is 0 Å². The third kappa shape index (κ3) is 3.12. The summed E-state index contributed by atoms with van der Waals surface area (Å²) >= 11 is 0. The number of hydrogen-bond acceptors (Lipinski definition) is 3. The van der Waals surface area contributed by atoms with Gasteiger partial charge in [0.25, 0.3) is 10.1 Å². The second-order valence-electron chi connectivity index (χ2n) is 6.00. The lowest BCUT2D eigenvalue weighted by atomic mass is 10.2. The van der Waals surface area contributed by atoms with Crippen LogP contribution in [0, 0.1) is 0 Å². The van der Waals surface area contributed by atoms with E-state index in [2.05, 4.69) is 4.57 Å². The lowest BCUT2D eigenvalue weighted by molar-refractivity contribution is 0.483. The quantitative estimate of drug-likeness (QED) is 0.556. The van der Waals surface area contributed by atoms with E-state index in [4.69, 9.17) is 9.54 Å². The van der Waals surface area contributed by atoms with Crippen molar-refractivity contribution in [3.8, 4) is 11.4 Å². The van der Waals surface area contributed by atoms with E-state index in [-0.39, 0.29) is 4.90 Å². The van der Waals surface area contributed by atoms with Crippen molar-refractivity contribution in [2.45, 2.75) is 11.4 Å². The Morgan fingerprint density at radius 3 is 2.19 bits per heavy atom. The highest BCUT2D eigenvalue weighted by atomic mass is 32.2. The van der Waals surface area contributed by atoms with Crippen LogP contribution in [0.15, 0.2) is 83.8 Å². The number of para-hydroxylation sites is 2. The van der Waals surface area contributed by atoms with Gasteiger partial charge in [0, 0.05) is 12.1 Å². The van der Waals surface area contributed by atoms with E-state index in [0.29, 0.717) is 6.54 Å². The molecule has 130 valence electrons. The van der Waals surface area contributed by atoms with Gasteiger partial charge in [-0.25, -0.2) is 4.98 Å². The minimum Gasteiger partial charge on any atom is -0.319 e. The molecule has 5 nitrogen and oxygen atoms in total. The topological polar surface area (TPSA) is 72.2 Å². The highest BCUT2D eigenvalue weighted by molar-refractivity contribution is 7.85. The molecular formula is C20H16N2O3S. The van der Waals surface area contributed by atoms with Gasteiger partial charge in [0.05, 0.1) is 15.9 Å². The van der Waals surface area contributed by atoms with Gasteiger partial charge in [0.1, 0.15) is 5.82 Å². The molecule has 0 aliphatic carbocycles. The summed E-state index contributed by atoms with van der Waals surface area (Å²) in [6, 6.07) is 24.1. The van der Waals surface area contributed by atoms with E-state index in [1.165, 1.54) is 12.1 Å². The van der Waals surface area contributed by atoms with Crippen LogP contribution in [0.1, 0.15) is 5.56 Å². The molecule has 0 unspecified atom stereocenters. The first-order chi connectivity index (χ1) is 12.5. The highest BCUT2D eigenvalue weighted by Gasteiger charge is 2.13. The lowest BCUT2D eigenvalue weighted by Gasteiger charge is -2.10. The number of imidazole rings is 1. The van der Waals surface area contributed by atoms with Gasteiger partial charge >= 0.3 is 0 Å². The van der Waals surface area contributed by atoms with E-state index in [1.807, 2.05) is 54.6 Å². The molecule has 0 saturated carbocycles. The average molecular weight is 364 g/mol. The standard InChI is InChI=1S/C20H16N2O3S/c23-26(24,25)17-12-10-15(11-13-17)14-22-19-9-5-4-8-18(19)21-20(22)16-6-2-1-3-7-16/h1-13H,14H2,(H,23,24,25).